The number of carbonyl (C=O) groups is 1. The Labute approximate surface area is 243 Å². The van der Waals surface area contributed by atoms with Gasteiger partial charge in [-0.3, -0.25) is 4.79 Å². The molecular formula is C25H26KN5O3. The van der Waals surface area contributed by atoms with Crippen LogP contribution in [-0.2, 0) is 0 Å². The number of amides is 1. The van der Waals surface area contributed by atoms with Crippen LogP contribution in [0, 0.1) is 23.7 Å². The van der Waals surface area contributed by atoms with Crippen molar-refractivity contribution >= 4 is 17.3 Å². The van der Waals surface area contributed by atoms with Crippen molar-refractivity contribution in [1.82, 2.24) is 10.4 Å². The zero-order valence-corrected chi connectivity index (χ0v) is 22.9. The Morgan fingerprint density at radius 2 is 2.00 bits per heavy atom. The number of terminal acetylenes is 1. The fraction of sp³-hybridized carbons (Fsp3) is 0.320. The predicted molar refractivity (Wildman–Crippen MR) is 126 cm³/mol. The Bertz CT molecular complexity index is 1090. The second-order valence-electron chi connectivity index (χ2n) is 7.13. The summed E-state index contributed by atoms with van der Waals surface area (Å²) in [6, 6.07) is 13.6. The first-order chi connectivity index (χ1) is 16.1. The van der Waals surface area contributed by atoms with Gasteiger partial charge in [-0.2, -0.15) is 10.4 Å². The maximum atomic E-state index is 13.1. The first-order valence-electron chi connectivity index (χ1n) is 10.8. The number of benzene rings is 2. The molecule has 1 amide bonds. The second-order valence-corrected chi connectivity index (χ2v) is 7.13. The van der Waals surface area contributed by atoms with E-state index in [0.717, 1.165) is 24.1 Å². The Morgan fingerprint density at radius 1 is 1.24 bits per heavy atom. The van der Waals surface area contributed by atoms with Crippen molar-refractivity contribution in [3.63, 3.8) is 0 Å². The van der Waals surface area contributed by atoms with Crippen molar-refractivity contribution in [2.45, 2.75) is 32.7 Å². The number of nitrogens with zero attached hydrogens (tertiary/aromatic N) is 4. The minimum absolute atomic E-state index is 0. The Balaban J connectivity index is 0.00000408. The van der Waals surface area contributed by atoms with Gasteiger partial charge in [-0.15, -0.1) is 12.1 Å². The predicted octanol–water partition coefficient (Wildman–Crippen LogP) is 1.16. The van der Waals surface area contributed by atoms with Crippen LogP contribution in [-0.4, -0.2) is 42.4 Å². The van der Waals surface area contributed by atoms with Crippen molar-refractivity contribution in [3.8, 4) is 29.9 Å². The number of hydrazone groups is 1. The minimum atomic E-state index is -0.839. The molecule has 1 heterocycles. The van der Waals surface area contributed by atoms with E-state index in [1.54, 1.807) is 24.3 Å². The van der Waals surface area contributed by atoms with E-state index < -0.39 is 6.04 Å². The average Bonchev–Trinajstić information content (AvgIpc) is 2.86. The zero-order chi connectivity index (χ0) is 23.6. The van der Waals surface area contributed by atoms with E-state index in [9.17, 15) is 4.79 Å². The molecule has 3 rings (SSSR count). The first-order valence-corrected chi connectivity index (χ1v) is 10.8. The van der Waals surface area contributed by atoms with Crippen molar-refractivity contribution < 1.29 is 65.7 Å². The third-order valence-electron chi connectivity index (χ3n) is 4.85. The van der Waals surface area contributed by atoms with E-state index in [1.807, 2.05) is 38.1 Å². The van der Waals surface area contributed by atoms with Gasteiger partial charge in [0.25, 0.3) is 5.91 Å². The summed E-state index contributed by atoms with van der Waals surface area (Å²) in [6.45, 7) is 5.43. The molecule has 0 saturated carbocycles. The molecule has 2 aromatic carbocycles. The monoisotopic (exact) mass is 483 g/mol. The molecule has 0 spiro atoms. The topological polar surface area (TPSA) is 101 Å². The maximum Gasteiger partial charge on any atom is 1.00 e. The number of hydrogen-bond acceptors (Lipinski definition) is 6. The molecule has 0 aromatic heterocycles. The molecule has 0 fully saturated rings. The van der Waals surface area contributed by atoms with Gasteiger partial charge in [-0.05, 0) is 51.0 Å². The molecule has 170 valence electrons. The summed E-state index contributed by atoms with van der Waals surface area (Å²) in [5.74, 6) is 3.40. The average molecular weight is 484 g/mol. The van der Waals surface area contributed by atoms with Crippen LogP contribution in [0.3, 0.4) is 0 Å². The first kappa shape index (κ1) is 27.9. The Hall–Kier alpha value is -2.37. The fourth-order valence-corrected chi connectivity index (χ4v) is 3.32. The molecule has 8 nitrogen and oxygen atoms in total. The van der Waals surface area contributed by atoms with Gasteiger partial charge in [0.15, 0.2) is 11.5 Å². The van der Waals surface area contributed by atoms with E-state index in [1.165, 1.54) is 5.01 Å². The number of rotatable bonds is 9. The Morgan fingerprint density at radius 3 is 2.71 bits per heavy atom. The summed E-state index contributed by atoms with van der Waals surface area (Å²) in [5.41, 5.74) is 9.33. The molecule has 1 aliphatic rings. The molecule has 1 unspecified atom stereocenters. The van der Waals surface area contributed by atoms with Gasteiger partial charge in [-0.1, -0.05) is 24.1 Å². The van der Waals surface area contributed by atoms with E-state index in [0.29, 0.717) is 42.5 Å². The summed E-state index contributed by atoms with van der Waals surface area (Å²) < 4.78 is 11.4. The number of nitrogens with one attached hydrogen (secondary N) is 1. The van der Waals surface area contributed by atoms with Gasteiger partial charge in [-0.25, -0.2) is 5.01 Å². The van der Waals surface area contributed by atoms with E-state index >= 15 is 0 Å². The molecule has 0 saturated heterocycles. The van der Waals surface area contributed by atoms with Gasteiger partial charge in [0.05, 0.1) is 25.0 Å². The van der Waals surface area contributed by atoms with Crippen LogP contribution in [0.1, 0.15) is 42.6 Å². The van der Waals surface area contributed by atoms with Gasteiger partial charge >= 0.3 is 51.4 Å². The third kappa shape index (κ3) is 7.31. The summed E-state index contributed by atoms with van der Waals surface area (Å²) in [6.07, 6.45) is 6.79. The summed E-state index contributed by atoms with van der Waals surface area (Å²) in [5, 5.41) is 15.0. The van der Waals surface area contributed by atoms with Crippen molar-refractivity contribution in [3.05, 3.63) is 59.0 Å². The van der Waals surface area contributed by atoms with Crippen molar-refractivity contribution in [2.75, 3.05) is 19.8 Å². The normalized spacial score (nSPS) is 13.4. The van der Waals surface area contributed by atoms with Crippen LogP contribution in [0.4, 0.5) is 5.69 Å². The smallest absolute Gasteiger partial charge is 0.621 e. The van der Waals surface area contributed by atoms with Crippen LogP contribution < -0.4 is 66.3 Å². The van der Waals surface area contributed by atoms with Crippen LogP contribution in [0.2, 0.25) is 0 Å². The summed E-state index contributed by atoms with van der Waals surface area (Å²) in [4.78, 5) is 13.1. The van der Waals surface area contributed by atoms with Crippen LogP contribution in [0.5, 0.6) is 11.5 Å². The number of hydrogen-bond donors (Lipinski definition) is 1. The van der Waals surface area contributed by atoms with E-state index in [2.05, 4.69) is 21.9 Å². The van der Waals surface area contributed by atoms with Crippen LogP contribution in [0.15, 0.2) is 47.6 Å². The fourth-order valence-electron chi connectivity index (χ4n) is 3.32. The summed E-state index contributed by atoms with van der Waals surface area (Å²) >= 11 is 0. The number of nitriles is 1. The number of carbonyl (C=O) groups excluding carboxylic acids is 1. The van der Waals surface area contributed by atoms with Crippen LogP contribution >= 0.6 is 0 Å². The van der Waals surface area contributed by atoms with Crippen LogP contribution in [0.25, 0.3) is 5.43 Å². The minimum Gasteiger partial charge on any atom is -0.621 e. The molecule has 0 radical (unpaired) electrons. The van der Waals surface area contributed by atoms with Crippen molar-refractivity contribution in [1.29, 1.82) is 5.26 Å². The summed E-state index contributed by atoms with van der Waals surface area (Å²) in [7, 11) is 0. The van der Waals surface area contributed by atoms with E-state index in [4.69, 9.17) is 21.2 Å². The van der Waals surface area contributed by atoms with Gasteiger partial charge in [0.1, 0.15) is 6.04 Å². The molecule has 34 heavy (non-hydrogen) atoms. The third-order valence-corrected chi connectivity index (χ3v) is 4.85. The maximum absolute atomic E-state index is 13.1. The van der Waals surface area contributed by atoms with Gasteiger partial charge < -0.3 is 20.3 Å². The molecule has 9 heteroatoms. The van der Waals surface area contributed by atoms with Gasteiger partial charge in [0.2, 0.25) is 0 Å². The zero-order valence-electron chi connectivity index (χ0n) is 19.7. The number of ether oxygens (including phenoxy) is 2. The van der Waals surface area contributed by atoms with Gasteiger partial charge in [0, 0.05) is 17.7 Å². The quantitative estimate of drug-likeness (QED) is 0.328. The molecule has 1 aliphatic heterocycles. The molecule has 1 N–H and O–H groups in total. The molecule has 0 aliphatic carbocycles. The molecule has 2 aromatic rings. The molecule has 1 atom stereocenters. The Kier molecular flexibility index (Phi) is 11.6. The molecule has 0 bridgehead atoms. The SMILES string of the molecule is C#CC(C#N)N[N-]c1cccc(C(=O)N2CCCC(c3ccc(OCC)c(OCC)c3)=N2)c1.[K+]. The largest absolute Gasteiger partial charge is 1.00 e. The second kappa shape index (κ2) is 14.1. The van der Waals surface area contributed by atoms with Crippen molar-refractivity contribution in [2.24, 2.45) is 5.10 Å². The standard InChI is InChI=1S/C25H26N5O3.K/c1-4-20(17-26)27-28-21-10-7-9-19(15-21)25(31)30-14-8-11-22(29-30)18-12-13-23(32-5-2)24(16-18)33-6-3;/h1,7,9-10,12-13,15-16,20,27H,5-6,8,11,14H2,2-3H3;/q-1;+1. The van der Waals surface area contributed by atoms with E-state index in [-0.39, 0.29) is 57.3 Å². The molecular weight excluding hydrogens is 457 g/mol.